The maximum atomic E-state index is 12.6. The molecule has 0 heterocycles. The number of thioether (sulfide) groups is 1. The molecule has 8 heteroatoms. The number of anilines is 2. The van der Waals surface area contributed by atoms with Gasteiger partial charge in [-0.3, -0.25) is 9.59 Å². The lowest BCUT2D eigenvalue weighted by Crippen LogP contribution is -2.21. The van der Waals surface area contributed by atoms with Gasteiger partial charge in [0.2, 0.25) is 5.91 Å². The average Bonchev–Trinajstić information content (AvgIpc) is 2.82. The van der Waals surface area contributed by atoms with Crippen LogP contribution in [-0.4, -0.2) is 24.4 Å². The topological polar surface area (TPSA) is 108 Å². The number of nitrogens with one attached hydrogen (secondary N) is 2. The summed E-state index contributed by atoms with van der Waals surface area (Å²) in [5.74, 6) is -0.633. The molecule has 166 valence electrons. The van der Waals surface area contributed by atoms with Crippen LogP contribution in [-0.2, 0) is 20.1 Å². The Morgan fingerprint density at radius 3 is 2.18 bits per heavy atom. The van der Waals surface area contributed by atoms with Gasteiger partial charge in [0.25, 0.3) is 5.91 Å². The third-order valence-electron chi connectivity index (χ3n) is 4.41. The van der Waals surface area contributed by atoms with Crippen LogP contribution < -0.4 is 10.6 Å². The van der Waals surface area contributed by atoms with Crippen LogP contribution in [0.3, 0.4) is 0 Å². The van der Waals surface area contributed by atoms with E-state index in [4.69, 9.17) is 10.00 Å². The van der Waals surface area contributed by atoms with Crippen LogP contribution in [0.15, 0.2) is 77.7 Å². The largest absolute Gasteiger partial charge is 0.452 e. The van der Waals surface area contributed by atoms with E-state index in [1.54, 1.807) is 48.5 Å². The second-order valence-corrected chi connectivity index (χ2v) is 7.99. The normalized spacial score (nSPS) is 10.1. The molecule has 0 aromatic heterocycles. The van der Waals surface area contributed by atoms with Crippen LogP contribution in [0.2, 0.25) is 0 Å². The van der Waals surface area contributed by atoms with Gasteiger partial charge in [0.1, 0.15) is 0 Å². The molecule has 0 saturated carbocycles. The minimum absolute atomic E-state index is 0.186. The van der Waals surface area contributed by atoms with Crippen molar-refractivity contribution in [3.8, 4) is 6.07 Å². The van der Waals surface area contributed by atoms with Gasteiger partial charge in [-0.1, -0.05) is 24.3 Å². The first-order valence-corrected chi connectivity index (χ1v) is 11.0. The fourth-order valence-corrected chi connectivity index (χ4v) is 3.84. The van der Waals surface area contributed by atoms with E-state index in [2.05, 4.69) is 16.7 Å². The second-order valence-electron chi connectivity index (χ2n) is 6.98. The molecule has 33 heavy (non-hydrogen) atoms. The molecule has 0 aliphatic rings. The number of rotatable bonds is 8. The molecular weight excluding hydrogens is 438 g/mol. The van der Waals surface area contributed by atoms with Crippen molar-refractivity contribution in [2.75, 3.05) is 17.2 Å². The van der Waals surface area contributed by atoms with Gasteiger partial charge >= 0.3 is 5.97 Å². The molecule has 3 rings (SSSR count). The average molecular weight is 460 g/mol. The van der Waals surface area contributed by atoms with Crippen molar-refractivity contribution in [1.29, 1.82) is 5.26 Å². The fourth-order valence-electron chi connectivity index (χ4n) is 2.84. The van der Waals surface area contributed by atoms with Crippen molar-refractivity contribution >= 4 is 40.9 Å². The minimum Gasteiger partial charge on any atom is -0.452 e. The van der Waals surface area contributed by atoms with Crippen LogP contribution >= 0.6 is 11.8 Å². The Bertz CT molecular complexity index is 1190. The molecule has 2 amide bonds. The van der Waals surface area contributed by atoms with Crippen molar-refractivity contribution < 1.29 is 19.1 Å². The highest BCUT2D eigenvalue weighted by atomic mass is 32.2. The van der Waals surface area contributed by atoms with E-state index in [0.29, 0.717) is 28.3 Å². The summed E-state index contributed by atoms with van der Waals surface area (Å²) in [7, 11) is 0. The first kappa shape index (κ1) is 23.6. The number of benzene rings is 3. The highest BCUT2D eigenvalue weighted by molar-refractivity contribution is 7.98. The number of ether oxygens (including phenoxy) is 1. The third-order valence-corrected chi connectivity index (χ3v) is 5.55. The van der Waals surface area contributed by atoms with Gasteiger partial charge in [-0.25, -0.2) is 4.79 Å². The lowest BCUT2D eigenvalue weighted by Gasteiger charge is -2.10. The summed E-state index contributed by atoms with van der Waals surface area (Å²) in [6.07, 6.45) is 0. The van der Waals surface area contributed by atoms with Gasteiger partial charge in [0, 0.05) is 28.9 Å². The van der Waals surface area contributed by atoms with E-state index in [-0.39, 0.29) is 5.91 Å². The molecule has 0 saturated heterocycles. The number of nitrogens with zero attached hydrogens (tertiary/aromatic N) is 1. The Hall–Kier alpha value is -4.09. The number of esters is 1. The number of hydrogen-bond acceptors (Lipinski definition) is 6. The summed E-state index contributed by atoms with van der Waals surface area (Å²) in [5, 5.41) is 14.2. The SMILES string of the molecule is CC(=O)Nc1ccc(NC(=O)COC(=O)c2ccccc2SCc2ccc(C#N)cc2)cc1. The molecule has 7 nitrogen and oxygen atoms in total. The molecular formula is C25H21N3O4S. The van der Waals surface area contributed by atoms with E-state index < -0.39 is 18.5 Å². The summed E-state index contributed by atoms with van der Waals surface area (Å²) in [5.41, 5.74) is 3.12. The van der Waals surface area contributed by atoms with Crippen LogP contribution in [0, 0.1) is 11.3 Å². The summed E-state index contributed by atoms with van der Waals surface area (Å²) in [6, 6.07) is 23.0. The van der Waals surface area contributed by atoms with E-state index >= 15 is 0 Å². The van der Waals surface area contributed by atoms with Crippen LogP contribution in [0.4, 0.5) is 11.4 Å². The van der Waals surface area contributed by atoms with Crippen LogP contribution in [0.5, 0.6) is 0 Å². The van der Waals surface area contributed by atoms with Crippen molar-refractivity contribution in [2.24, 2.45) is 0 Å². The molecule has 0 fully saturated rings. The van der Waals surface area contributed by atoms with Crippen molar-refractivity contribution in [2.45, 2.75) is 17.6 Å². The number of carbonyl (C=O) groups excluding carboxylic acids is 3. The molecule has 0 unspecified atom stereocenters. The highest BCUT2D eigenvalue weighted by Crippen LogP contribution is 2.27. The predicted octanol–water partition coefficient (Wildman–Crippen LogP) is 4.60. The third kappa shape index (κ3) is 7.23. The molecule has 0 aliphatic carbocycles. The maximum absolute atomic E-state index is 12.6. The van der Waals surface area contributed by atoms with Crippen LogP contribution in [0.25, 0.3) is 0 Å². The molecule has 0 radical (unpaired) electrons. The highest BCUT2D eigenvalue weighted by Gasteiger charge is 2.15. The van der Waals surface area contributed by atoms with Crippen molar-refractivity contribution in [3.63, 3.8) is 0 Å². The predicted molar refractivity (Wildman–Crippen MR) is 127 cm³/mol. The molecule has 2 N–H and O–H groups in total. The summed E-state index contributed by atoms with van der Waals surface area (Å²) in [6.45, 7) is 0.981. The first-order chi connectivity index (χ1) is 15.9. The molecule has 0 spiro atoms. The second kappa shape index (κ2) is 11.5. The zero-order valence-corrected chi connectivity index (χ0v) is 18.6. The van der Waals surface area contributed by atoms with Crippen molar-refractivity contribution in [1.82, 2.24) is 0 Å². The summed E-state index contributed by atoms with van der Waals surface area (Å²) in [4.78, 5) is 36.5. The van der Waals surface area contributed by atoms with E-state index in [9.17, 15) is 14.4 Å². The first-order valence-electron chi connectivity index (χ1n) is 10.00. The smallest absolute Gasteiger partial charge is 0.339 e. The van der Waals surface area contributed by atoms with E-state index in [1.165, 1.54) is 18.7 Å². The summed E-state index contributed by atoms with van der Waals surface area (Å²) < 4.78 is 5.20. The number of nitriles is 1. The quantitative estimate of drug-likeness (QED) is 0.376. The fraction of sp³-hybridized carbons (Fsp3) is 0.120. The zero-order valence-electron chi connectivity index (χ0n) is 17.8. The molecule has 0 aliphatic heterocycles. The Morgan fingerprint density at radius 2 is 1.55 bits per heavy atom. The zero-order chi connectivity index (χ0) is 23.6. The number of carbonyl (C=O) groups is 3. The van der Waals surface area contributed by atoms with Gasteiger partial charge in [-0.2, -0.15) is 5.26 Å². The van der Waals surface area contributed by atoms with Gasteiger partial charge in [0.15, 0.2) is 6.61 Å². The molecule has 0 bridgehead atoms. The Balaban J connectivity index is 1.54. The lowest BCUT2D eigenvalue weighted by molar-refractivity contribution is -0.119. The van der Waals surface area contributed by atoms with Gasteiger partial charge in [0.05, 0.1) is 17.2 Å². The Morgan fingerprint density at radius 1 is 0.909 bits per heavy atom. The van der Waals surface area contributed by atoms with Gasteiger partial charge in [-0.15, -0.1) is 11.8 Å². The Kier molecular flexibility index (Phi) is 8.22. The monoisotopic (exact) mass is 459 g/mol. The Labute approximate surface area is 195 Å². The summed E-state index contributed by atoms with van der Waals surface area (Å²) >= 11 is 1.47. The van der Waals surface area contributed by atoms with E-state index in [1.807, 2.05) is 24.3 Å². The minimum atomic E-state index is -0.589. The standard InChI is InChI=1S/C25H21N3O4S/c1-17(29)27-20-10-12-21(13-11-20)28-24(30)15-32-25(31)22-4-2-3-5-23(22)33-16-19-8-6-18(14-26)7-9-19/h2-13H,15-16H2,1H3,(H,27,29)(H,28,30). The van der Waals surface area contributed by atoms with Gasteiger partial charge in [-0.05, 0) is 54.1 Å². The van der Waals surface area contributed by atoms with Crippen LogP contribution in [0.1, 0.15) is 28.4 Å². The maximum Gasteiger partial charge on any atom is 0.339 e. The van der Waals surface area contributed by atoms with E-state index in [0.717, 1.165) is 10.5 Å². The molecule has 3 aromatic carbocycles. The van der Waals surface area contributed by atoms with Crippen molar-refractivity contribution in [3.05, 3.63) is 89.5 Å². The molecule has 0 atom stereocenters. The number of amides is 2. The molecule has 3 aromatic rings. The lowest BCUT2D eigenvalue weighted by atomic mass is 10.2. The van der Waals surface area contributed by atoms with Gasteiger partial charge < -0.3 is 15.4 Å². The number of hydrogen-bond donors (Lipinski definition) is 2.